The lowest BCUT2D eigenvalue weighted by Crippen LogP contribution is -2.48. The van der Waals surface area contributed by atoms with Crippen LogP contribution in [0.2, 0.25) is 0 Å². The van der Waals surface area contributed by atoms with Gasteiger partial charge in [0.2, 0.25) is 0 Å². The Hall–Kier alpha value is -0.940. The smallest absolute Gasteiger partial charge is 0.326 e. The van der Waals surface area contributed by atoms with Gasteiger partial charge in [0.15, 0.2) is 0 Å². The molecule has 1 atom stereocenters. The van der Waals surface area contributed by atoms with E-state index < -0.39 is 11.5 Å². The molecule has 4 nitrogen and oxygen atoms in total. The van der Waals surface area contributed by atoms with Gasteiger partial charge in [0.1, 0.15) is 11.3 Å². The van der Waals surface area contributed by atoms with Gasteiger partial charge in [0, 0.05) is 5.75 Å². The van der Waals surface area contributed by atoms with Crippen molar-refractivity contribution in [1.82, 2.24) is 0 Å². The van der Waals surface area contributed by atoms with Crippen LogP contribution in [0.25, 0.3) is 0 Å². The lowest BCUT2D eigenvalue weighted by Gasteiger charge is -2.20. The quantitative estimate of drug-likeness (QED) is 0.773. The molecule has 15 heavy (non-hydrogen) atoms. The monoisotopic (exact) mass is 229 g/mol. The van der Waals surface area contributed by atoms with Gasteiger partial charge >= 0.3 is 5.97 Å². The summed E-state index contributed by atoms with van der Waals surface area (Å²) in [5.41, 5.74) is 4.85. The molecule has 0 saturated heterocycles. The third-order valence-corrected chi connectivity index (χ3v) is 3.17. The molecule has 1 rings (SSSR count). The molecular formula is C10H15NO3S. The Balaban J connectivity index is 2.33. The van der Waals surface area contributed by atoms with E-state index in [2.05, 4.69) is 4.74 Å². The molecule has 0 radical (unpaired) electrons. The molecule has 84 valence electrons. The topological polar surface area (TPSA) is 65.5 Å². The van der Waals surface area contributed by atoms with E-state index in [1.807, 2.05) is 12.1 Å². The lowest BCUT2D eigenvalue weighted by atomic mass is 10.1. The number of furan rings is 1. The number of hydrogen-bond donors (Lipinski definition) is 1. The molecule has 1 aromatic heterocycles. The van der Waals surface area contributed by atoms with Crippen molar-refractivity contribution >= 4 is 17.7 Å². The van der Waals surface area contributed by atoms with Crippen molar-refractivity contribution in [3.63, 3.8) is 0 Å². The second-order valence-electron chi connectivity index (χ2n) is 3.48. The third-order valence-electron chi connectivity index (χ3n) is 1.88. The number of hydrogen-bond acceptors (Lipinski definition) is 5. The molecule has 1 unspecified atom stereocenters. The molecule has 1 aromatic rings. The Labute approximate surface area is 93.2 Å². The predicted octanol–water partition coefficient (Wildman–Crippen LogP) is 1.40. The van der Waals surface area contributed by atoms with E-state index in [1.165, 1.54) is 7.11 Å². The summed E-state index contributed by atoms with van der Waals surface area (Å²) in [6.07, 6.45) is 1.62. The van der Waals surface area contributed by atoms with E-state index in [0.29, 0.717) is 11.5 Å². The molecule has 0 bridgehead atoms. The summed E-state index contributed by atoms with van der Waals surface area (Å²) < 4.78 is 9.76. The number of thioether (sulfide) groups is 1. The van der Waals surface area contributed by atoms with Gasteiger partial charge in [-0.25, -0.2) is 0 Å². The van der Waals surface area contributed by atoms with Gasteiger partial charge in [-0.3, -0.25) is 4.79 Å². The number of nitrogens with two attached hydrogens (primary N) is 1. The van der Waals surface area contributed by atoms with Crippen LogP contribution < -0.4 is 5.73 Å². The highest BCUT2D eigenvalue weighted by Gasteiger charge is 2.29. The molecule has 0 amide bonds. The van der Waals surface area contributed by atoms with Crippen LogP contribution in [0.5, 0.6) is 0 Å². The molecule has 0 aliphatic rings. The van der Waals surface area contributed by atoms with Crippen LogP contribution in [-0.2, 0) is 15.3 Å². The molecule has 0 aliphatic carbocycles. The summed E-state index contributed by atoms with van der Waals surface area (Å²) in [7, 11) is 1.34. The number of methoxy groups -OCH3 is 1. The minimum absolute atomic E-state index is 0.394. The van der Waals surface area contributed by atoms with E-state index >= 15 is 0 Å². The second kappa shape index (κ2) is 5.23. The summed E-state index contributed by atoms with van der Waals surface area (Å²) in [5.74, 6) is 1.69. The predicted molar refractivity (Wildman–Crippen MR) is 59.5 cm³/mol. The lowest BCUT2D eigenvalue weighted by molar-refractivity contribution is -0.145. The van der Waals surface area contributed by atoms with Crippen LogP contribution in [0.3, 0.4) is 0 Å². The summed E-state index contributed by atoms with van der Waals surface area (Å²) in [4.78, 5) is 11.2. The fraction of sp³-hybridized carbons (Fsp3) is 0.500. The van der Waals surface area contributed by atoms with Crippen LogP contribution in [-0.4, -0.2) is 24.4 Å². The highest BCUT2D eigenvalue weighted by atomic mass is 32.2. The van der Waals surface area contributed by atoms with Gasteiger partial charge in [0.05, 0.1) is 19.1 Å². The molecule has 0 fully saturated rings. The van der Waals surface area contributed by atoms with Gasteiger partial charge in [-0.1, -0.05) is 0 Å². The van der Waals surface area contributed by atoms with Crippen LogP contribution in [0, 0.1) is 0 Å². The molecule has 0 aromatic carbocycles. The van der Waals surface area contributed by atoms with Gasteiger partial charge in [-0.05, 0) is 19.1 Å². The Morgan fingerprint density at radius 1 is 1.73 bits per heavy atom. The fourth-order valence-electron chi connectivity index (χ4n) is 1.05. The summed E-state index contributed by atoms with van der Waals surface area (Å²) in [5, 5.41) is 0. The van der Waals surface area contributed by atoms with Crippen molar-refractivity contribution in [2.75, 3.05) is 12.9 Å². The standard InChI is InChI=1S/C10H15NO3S/c1-10(11,9(12)13-2)7-15-6-8-4-3-5-14-8/h3-5H,6-7,11H2,1-2H3. The van der Waals surface area contributed by atoms with E-state index in [0.717, 1.165) is 5.76 Å². The first-order chi connectivity index (χ1) is 7.06. The highest BCUT2D eigenvalue weighted by Crippen LogP contribution is 2.17. The van der Waals surface area contributed by atoms with E-state index in [4.69, 9.17) is 10.2 Å². The maximum absolute atomic E-state index is 11.2. The van der Waals surface area contributed by atoms with Crippen LogP contribution in [0.15, 0.2) is 22.8 Å². The van der Waals surface area contributed by atoms with E-state index in [1.54, 1.807) is 24.9 Å². The molecule has 0 spiro atoms. The fourth-order valence-corrected chi connectivity index (χ4v) is 2.06. The van der Waals surface area contributed by atoms with Gasteiger partial charge in [0.25, 0.3) is 0 Å². The van der Waals surface area contributed by atoms with Crippen molar-refractivity contribution < 1.29 is 13.9 Å². The number of ether oxygens (including phenoxy) is 1. The van der Waals surface area contributed by atoms with Gasteiger partial charge in [-0.15, -0.1) is 0 Å². The largest absolute Gasteiger partial charge is 0.468 e. The average molecular weight is 229 g/mol. The van der Waals surface area contributed by atoms with Crippen molar-refractivity contribution in [2.24, 2.45) is 5.73 Å². The van der Waals surface area contributed by atoms with Gasteiger partial charge < -0.3 is 14.9 Å². The second-order valence-corrected chi connectivity index (χ2v) is 4.47. The minimum atomic E-state index is -0.938. The van der Waals surface area contributed by atoms with Crippen molar-refractivity contribution in [2.45, 2.75) is 18.2 Å². The normalized spacial score (nSPS) is 14.6. The maximum Gasteiger partial charge on any atom is 0.326 e. The van der Waals surface area contributed by atoms with Gasteiger partial charge in [-0.2, -0.15) is 11.8 Å². The molecule has 1 heterocycles. The minimum Gasteiger partial charge on any atom is -0.468 e. The SMILES string of the molecule is COC(=O)C(C)(N)CSCc1ccco1. The maximum atomic E-state index is 11.2. The molecule has 5 heteroatoms. The highest BCUT2D eigenvalue weighted by molar-refractivity contribution is 7.98. The zero-order chi connectivity index (χ0) is 11.3. The van der Waals surface area contributed by atoms with E-state index in [-0.39, 0.29) is 0 Å². The number of carbonyl (C=O) groups is 1. The Morgan fingerprint density at radius 2 is 2.47 bits per heavy atom. The zero-order valence-corrected chi connectivity index (χ0v) is 9.67. The molecule has 2 N–H and O–H groups in total. The van der Waals surface area contributed by atoms with Crippen LogP contribution in [0.1, 0.15) is 12.7 Å². The van der Waals surface area contributed by atoms with E-state index in [9.17, 15) is 4.79 Å². The Morgan fingerprint density at radius 3 is 3.00 bits per heavy atom. The Kier molecular flexibility index (Phi) is 4.23. The number of esters is 1. The third kappa shape index (κ3) is 3.60. The first-order valence-corrected chi connectivity index (χ1v) is 5.69. The van der Waals surface area contributed by atoms with Crippen molar-refractivity contribution in [3.05, 3.63) is 24.2 Å². The summed E-state index contributed by atoms with van der Waals surface area (Å²) >= 11 is 1.54. The number of rotatable bonds is 5. The summed E-state index contributed by atoms with van der Waals surface area (Å²) in [6, 6.07) is 3.72. The molecular weight excluding hydrogens is 214 g/mol. The summed E-state index contributed by atoms with van der Waals surface area (Å²) in [6.45, 7) is 1.66. The number of carbonyl (C=O) groups excluding carboxylic acids is 1. The molecule has 0 aliphatic heterocycles. The van der Waals surface area contributed by atoms with Crippen molar-refractivity contribution in [3.8, 4) is 0 Å². The van der Waals surface area contributed by atoms with Crippen LogP contribution in [0.4, 0.5) is 0 Å². The average Bonchev–Trinajstić information content (AvgIpc) is 2.69. The first kappa shape index (κ1) is 12.1. The Bertz CT molecular complexity index is 308. The first-order valence-electron chi connectivity index (χ1n) is 4.53. The van der Waals surface area contributed by atoms with Crippen LogP contribution >= 0.6 is 11.8 Å². The zero-order valence-electron chi connectivity index (χ0n) is 8.86. The molecule has 0 saturated carbocycles. The van der Waals surface area contributed by atoms with Crippen molar-refractivity contribution in [1.29, 1.82) is 0 Å².